The van der Waals surface area contributed by atoms with E-state index in [4.69, 9.17) is 9.47 Å². The molecule has 4 heteroatoms. The first-order valence-electron chi connectivity index (χ1n) is 8.54. The SMILES string of the molecule is CCCNC(C)(CCCCOC(C)CCC)C(=O)OCC. The highest BCUT2D eigenvalue weighted by molar-refractivity contribution is 5.80. The summed E-state index contributed by atoms with van der Waals surface area (Å²) in [6, 6.07) is 0. The molecule has 126 valence electrons. The third-order valence-corrected chi connectivity index (χ3v) is 3.66. The third kappa shape index (κ3) is 9.10. The van der Waals surface area contributed by atoms with E-state index in [9.17, 15) is 4.79 Å². The summed E-state index contributed by atoms with van der Waals surface area (Å²) in [7, 11) is 0. The Kier molecular flexibility index (Phi) is 11.6. The van der Waals surface area contributed by atoms with Gasteiger partial charge in [-0.15, -0.1) is 0 Å². The van der Waals surface area contributed by atoms with Crippen LogP contribution >= 0.6 is 0 Å². The van der Waals surface area contributed by atoms with Crippen LogP contribution in [0.25, 0.3) is 0 Å². The molecule has 1 N–H and O–H groups in total. The maximum absolute atomic E-state index is 12.1. The van der Waals surface area contributed by atoms with Gasteiger partial charge >= 0.3 is 5.97 Å². The van der Waals surface area contributed by atoms with Crippen LogP contribution in [-0.2, 0) is 14.3 Å². The predicted octanol–water partition coefficient (Wildman–Crippen LogP) is 3.68. The Hall–Kier alpha value is -0.610. The van der Waals surface area contributed by atoms with Crippen molar-refractivity contribution in [3.8, 4) is 0 Å². The minimum atomic E-state index is -0.568. The van der Waals surface area contributed by atoms with E-state index in [1.165, 1.54) is 0 Å². The van der Waals surface area contributed by atoms with Crippen molar-refractivity contribution < 1.29 is 14.3 Å². The number of esters is 1. The standard InChI is InChI=1S/C17H35NO3/c1-6-11-15(4)21-14-10-9-12-17(5,18-13-7-2)16(19)20-8-3/h15,18H,6-14H2,1-5H3. The Morgan fingerprint density at radius 1 is 1.19 bits per heavy atom. The fourth-order valence-electron chi connectivity index (χ4n) is 2.31. The van der Waals surface area contributed by atoms with Crippen molar-refractivity contribution in [1.82, 2.24) is 5.32 Å². The fraction of sp³-hybridized carbons (Fsp3) is 0.941. The van der Waals surface area contributed by atoms with Gasteiger partial charge in [-0.3, -0.25) is 4.79 Å². The normalized spacial score (nSPS) is 15.5. The molecule has 0 aliphatic rings. The molecule has 2 unspecified atom stereocenters. The van der Waals surface area contributed by atoms with Gasteiger partial charge < -0.3 is 14.8 Å². The molecule has 0 amide bonds. The summed E-state index contributed by atoms with van der Waals surface area (Å²) in [5.41, 5.74) is -0.568. The molecule has 0 radical (unpaired) electrons. The molecule has 21 heavy (non-hydrogen) atoms. The molecule has 0 aliphatic carbocycles. The highest BCUT2D eigenvalue weighted by atomic mass is 16.5. The van der Waals surface area contributed by atoms with Crippen LogP contribution < -0.4 is 5.32 Å². The van der Waals surface area contributed by atoms with Crippen LogP contribution in [-0.4, -0.2) is 37.4 Å². The van der Waals surface area contributed by atoms with Crippen LogP contribution in [0.5, 0.6) is 0 Å². The second-order valence-corrected chi connectivity index (χ2v) is 5.91. The van der Waals surface area contributed by atoms with Crippen LogP contribution in [0.4, 0.5) is 0 Å². The second-order valence-electron chi connectivity index (χ2n) is 5.91. The zero-order chi connectivity index (χ0) is 16.1. The number of hydrogen-bond acceptors (Lipinski definition) is 4. The fourth-order valence-corrected chi connectivity index (χ4v) is 2.31. The van der Waals surface area contributed by atoms with E-state index < -0.39 is 5.54 Å². The molecule has 0 aromatic heterocycles. The van der Waals surface area contributed by atoms with Crippen molar-refractivity contribution in [2.45, 2.75) is 84.8 Å². The number of unbranched alkanes of at least 4 members (excludes halogenated alkanes) is 1. The zero-order valence-corrected chi connectivity index (χ0v) is 14.7. The molecular formula is C17H35NO3. The molecule has 2 atom stereocenters. The first-order valence-corrected chi connectivity index (χ1v) is 8.54. The number of carbonyl (C=O) groups excluding carboxylic acids is 1. The summed E-state index contributed by atoms with van der Waals surface area (Å²) in [6.45, 7) is 12.2. The van der Waals surface area contributed by atoms with Crippen molar-refractivity contribution in [1.29, 1.82) is 0 Å². The molecule has 0 rings (SSSR count). The maximum atomic E-state index is 12.1. The minimum absolute atomic E-state index is 0.140. The Balaban J connectivity index is 4.09. The van der Waals surface area contributed by atoms with Crippen molar-refractivity contribution in [3.05, 3.63) is 0 Å². The van der Waals surface area contributed by atoms with Gasteiger partial charge in [0, 0.05) is 6.61 Å². The zero-order valence-electron chi connectivity index (χ0n) is 14.7. The first kappa shape index (κ1) is 20.4. The summed E-state index contributed by atoms with van der Waals surface area (Å²) in [4.78, 5) is 12.1. The Labute approximate surface area is 131 Å². The number of ether oxygens (including phenoxy) is 2. The number of carbonyl (C=O) groups is 1. The average Bonchev–Trinajstić information content (AvgIpc) is 2.45. The maximum Gasteiger partial charge on any atom is 0.326 e. The highest BCUT2D eigenvalue weighted by Crippen LogP contribution is 2.17. The lowest BCUT2D eigenvalue weighted by Crippen LogP contribution is -2.50. The van der Waals surface area contributed by atoms with E-state index in [1.54, 1.807) is 0 Å². The van der Waals surface area contributed by atoms with Crippen LogP contribution in [0.3, 0.4) is 0 Å². The first-order chi connectivity index (χ1) is 10.00. The van der Waals surface area contributed by atoms with Crippen LogP contribution in [0, 0.1) is 0 Å². The molecule has 0 saturated heterocycles. The van der Waals surface area contributed by atoms with E-state index in [2.05, 4.69) is 26.1 Å². The minimum Gasteiger partial charge on any atom is -0.465 e. The molecule has 0 aromatic rings. The smallest absolute Gasteiger partial charge is 0.326 e. The molecule has 0 saturated carbocycles. The van der Waals surface area contributed by atoms with Crippen LogP contribution in [0.15, 0.2) is 0 Å². The molecule has 0 aliphatic heterocycles. The molecular weight excluding hydrogens is 266 g/mol. The lowest BCUT2D eigenvalue weighted by Gasteiger charge is -2.28. The summed E-state index contributed by atoms with van der Waals surface area (Å²) >= 11 is 0. The Morgan fingerprint density at radius 3 is 2.48 bits per heavy atom. The van der Waals surface area contributed by atoms with Crippen molar-refractivity contribution >= 4 is 5.97 Å². The molecule has 0 bridgehead atoms. The van der Waals surface area contributed by atoms with Gasteiger partial charge in [-0.2, -0.15) is 0 Å². The number of nitrogens with one attached hydrogen (secondary N) is 1. The van der Waals surface area contributed by atoms with E-state index in [1.807, 2.05) is 13.8 Å². The Bertz CT molecular complexity index is 271. The topological polar surface area (TPSA) is 47.6 Å². The van der Waals surface area contributed by atoms with E-state index >= 15 is 0 Å². The lowest BCUT2D eigenvalue weighted by molar-refractivity contribution is -0.151. The van der Waals surface area contributed by atoms with Gasteiger partial charge in [-0.25, -0.2) is 0 Å². The molecule has 0 aromatic carbocycles. The average molecular weight is 301 g/mol. The largest absolute Gasteiger partial charge is 0.465 e. The van der Waals surface area contributed by atoms with Crippen molar-refractivity contribution in [2.24, 2.45) is 0 Å². The van der Waals surface area contributed by atoms with Gasteiger partial charge in [0.05, 0.1) is 12.7 Å². The van der Waals surface area contributed by atoms with Crippen molar-refractivity contribution in [2.75, 3.05) is 19.8 Å². The quantitative estimate of drug-likeness (QED) is 0.416. The van der Waals surface area contributed by atoms with Gasteiger partial charge in [0.25, 0.3) is 0 Å². The van der Waals surface area contributed by atoms with Gasteiger partial charge in [0.1, 0.15) is 5.54 Å². The summed E-state index contributed by atoms with van der Waals surface area (Å²) in [5.74, 6) is -0.140. The van der Waals surface area contributed by atoms with E-state index in [0.29, 0.717) is 12.7 Å². The van der Waals surface area contributed by atoms with Gasteiger partial charge in [0.15, 0.2) is 0 Å². The molecule has 0 spiro atoms. The summed E-state index contributed by atoms with van der Waals surface area (Å²) in [5, 5.41) is 3.34. The van der Waals surface area contributed by atoms with Gasteiger partial charge in [0.2, 0.25) is 0 Å². The Morgan fingerprint density at radius 2 is 1.90 bits per heavy atom. The number of rotatable bonds is 13. The van der Waals surface area contributed by atoms with Gasteiger partial charge in [-0.1, -0.05) is 20.3 Å². The van der Waals surface area contributed by atoms with E-state index in [0.717, 1.165) is 51.7 Å². The van der Waals surface area contributed by atoms with Crippen molar-refractivity contribution in [3.63, 3.8) is 0 Å². The predicted molar refractivity (Wildman–Crippen MR) is 87.5 cm³/mol. The number of hydrogen-bond donors (Lipinski definition) is 1. The summed E-state index contributed by atoms with van der Waals surface area (Å²) in [6.07, 6.45) is 6.34. The van der Waals surface area contributed by atoms with Crippen LogP contribution in [0.1, 0.15) is 73.1 Å². The monoisotopic (exact) mass is 301 g/mol. The van der Waals surface area contributed by atoms with E-state index in [-0.39, 0.29) is 5.97 Å². The summed E-state index contributed by atoms with van der Waals surface area (Å²) < 4.78 is 10.9. The lowest BCUT2D eigenvalue weighted by atomic mass is 9.94. The second kappa shape index (κ2) is 12.0. The van der Waals surface area contributed by atoms with Crippen LogP contribution in [0.2, 0.25) is 0 Å². The molecule has 0 fully saturated rings. The highest BCUT2D eigenvalue weighted by Gasteiger charge is 2.33. The molecule has 4 nitrogen and oxygen atoms in total. The third-order valence-electron chi connectivity index (χ3n) is 3.66. The van der Waals surface area contributed by atoms with Gasteiger partial charge in [-0.05, 0) is 59.4 Å². The molecule has 0 heterocycles.